The molecule has 1 fully saturated rings. The van der Waals surface area contributed by atoms with Crippen molar-refractivity contribution in [2.45, 2.75) is 38.0 Å². The van der Waals surface area contributed by atoms with Crippen LogP contribution in [0, 0.1) is 0 Å². The normalized spacial score (nSPS) is 19.7. The Morgan fingerprint density at radius 3 is 2.64 bits per heavy atom. The largest absolute Gasteiger partial charge is 0.347 e. The van der Waals surface area contributed by atoms with Crippen LogP contribution >= 0.6 is 0 Å². The van der Waals surface area contributed by atoms with Gasteiger partial charge in [-0.3, -0.25) is 14.7 Å². The number of piperidine rings is 1. The van der Waals surface area contributed by atoms with Gasteiger partial charge in [-0.1, -0.05) is 43.3 Å². The number of carbonyl (C=O) groups is 1. The van der Waals surface area contributed by atoms with Crippen molar-refractivity contribution in [2.75, 3.05) is 31.6 Å². The van der Waals surface area contributed by atoms with Crippen molar-refractivity contribution in [1.82, 2.24) is 20.0 Å². The van der Waals surface area contributed by atoms with Crippen molar-refractivity contribution in [2.24, 2.45) is 0 Å². The number of hydrogen-bond donors (Lipinski definition) is 0. The van der Waals surface area contributed by atoms with E-state index in [1.807, 2.05) is 37.4 Å². The number of anilines is 1. The van der Waals surface area contributed by atoms with Crippen LogP contribution in [-0.2, 0) is 10.2 Å². The van der Waals surface area contributed by atoms with E-state index >= 15 is 0 Å². The summed E-state index contributed by atoms with van der Waals surface area (Å²) in [5.74, 6) is 1.55. The number of pyridine rings is 1. The predicted molar refractivity (Wildman–Crippen MR) is 127 cm³/mol. The van der Waals surface area contributed by atoms with E-state index in [4.69, 9.17) is 4.52 Å². The average molecular weight is 444 g/mol. The van der Waals surface area contributed by atoms with Crippen molar-refractivity contribution in [1.29, 1.82) is 0 Å². The third kappa shape index (κ3) is 4.09. The van der Waals surface area contributed by atoms with Gasteiger partial charge in [-0.25, -0.2) is 0 Å². The summed E-state index contributed by atoms with van der Waals surface area (Å²) in [6.45, 7) is 6.47. The number of likely N-dealkylation sites (tertiary alicyclic amines) is 1. The number of fused-ring (bicyclic) bond motifs is 1. The quantitative estimate of drug-likeness (QED) is 0.547. The van der Waals surface area contributed by atoms with Crippen LogP contribution < -0.4 is 4.90 Å². The minimum atomic E-state index is -0.183. The molecule has 1 saturated heterocycles. The monoisotopic (exact) mass is 443 g/mol. The van der Waals surface area contributed by atoms with E-state index in [9.17, 15) is 4.79 Å². The summed E-state index contributed by atoms with van der Waals surface area (Å²) in [5, 5.41) is 4.10. The topological polar surface area (TPSA) is 75.4 Å². The summed E-state index contributed by atoms with van der Waals surface area (Å²) in [6.07, 6.45) is 5.34. The zero-order valence-electron chi connectivity index (χ0n) is 19.4. The smallest absolute Gasteiger partial charge is 0.230 e. The van der Waals surface area contributed by atoms with Crippen LogP contribution in [0.5, 0.6) is 0 Å². The van der Waals surface area contributed by atoms with Crippen LogP contribution in [0.25, 0.3) is 11.5 Å². The Bertz CT molecular complexity index is 1180. The lowest BCUT2D eigenvalue weighted by Crippen LogP contribution is -2.37. The molecule has 2 aliphatic rings. The molecule has 5 rings (SSSR count). The Morgan fingerprint density at radius 1 is 1.15 bits per heavy atom. The Kier molecular flexibility index (Phi) is 5.58. The maximum atomic E-state index is 13.0. The van der Waals surface area contributed by atoms with E-state index < -0.39 is 0 Å². The summed E-state index contributed by atoms with van der Waals surface area (Å²) < 4.78 is 5.53. The molecule has 0 saturated carbocycles. The van der Waals surface area contributed by atoms with E-state index in [0.717, 1.165) is 31.6 Å². The van der Waals surface area contributed by atoms with Gasteiger partial charge in [0.15, 0.2) is 5.78 Å². The highest BCUT2D eigenvalue weighted by Crippen LogP contribution is 2.46. The second kappa shape index (κ2) is 8.56. The molecule has 0 atom stereocenters. The van der Waals surface area contributed by atoms with Crippen molar-refractivity contribution < 1.29 is 9.32 Å². The van der Waals surface area contributed by atoms with Gasteiger partial charge >= 0.3 is 0 Å². The standard InChI is InChI=1S/C26H29N5O2/c1-26(2)20-8-4-5-10-22(20)30(3)23(26)16-19(32)17-31-14-11-18(12-15-31)25-28-24(29-33-25)21-9-6-7-13-27-21/h4-10,13,16,18H,11-12,14-15,17H2,1-3H3/b23-16-. The number of nitrogens with zero attached hydrogens (tertiary/aromatic N) is 5. The first-order valence-electron chi connectivity index (χ1n) is 11.5. The van der Waals surface area contributed by atoms with Crippen molar-refractivity contribution in [3.63, 3.8) is 0 Å². The predicted octanol–water partition coefficient (Wildman–Crippen LogP) is 4.19. The maximum Gasteiger partial charge on any atom is 0.230 e. The zero-order chi connectivity index (χ0) is 23.0. The van der Waals surface area contributed by atoms with E-state index in [-0.39, 0.29) is 17.1 Å². The first kappa shape index (κ1) is 21.5. The molecule has 33 heavy (non-hydrogen) atoms. The highest BCUT2D eigenvalue weighted by molar-refractivity contribution is 5.94. The summed E-state index contributed by atoms with van der Waals surface area (Å²) in [4.78, 5) is 26.2. The molecule has 0 spiro atoms. The van der Waals surface area contributed by atoms with Crippen LogP contribution in [0.3, 0.4) is 0 Å². The molecule has 0 unspecified atom stereocenters. The zero-order valence-corrected chi connectivity index (χ0v) is 19.4. The van der Waals surface area contributed by atoms with Gasteiger partial charge in [0.25, 0.3) is 0 Å². The number of allylic oxidation sites excluding steroid dienone is 1. The van der Waals surface area contributed by atoms with Gasteiger partial charge in [-0.2, -0.15) is 4.98 Å². The van der Waals surface area contributed by atoms with Gasteiger partial charge in [0.05, 0.1) is 6.54 Å². The minimum absolute atomic E-state index is 0.145. The van der Waals surface area contributed by atoms with Gasteiger partial charge in [0.1, 0.15) is 5.69 Å². The number of hydrogen-bond acceptors (Lipinski definition) is 7. The van der Waals surface area contributed by atoms with Crippen LogP contribution in [0.2, 0.25) is 0 Å². The van der Waals surface area contributed by atoms with Gasteiger partial charge in [0.2, 0.25) is 11.7 Å². The molecule has 1 aromatic carbocycles. The third-order valence-electron chi connectivity index (χ3n) is 6.89. The fraction of sp³-hybridized carbons (Fsp3) is 0.385. The van der Waals surface area contributed by atoms with Crippen LogP contribution in [0.4, 0.5) is 5.69 Å². The Balaban J connectivity index is 1.20. The number of likely N-dealkylation sites (N-methyl/N-ethyl adjacent to an activating group) is 1. The number of para-hydroxylation sites is 1. The van der Waals surface area contributed by atoms with Crippen molar-refractivity contribution in [3.05, 3.63) is 71.9 Å². The van der Waals surface area contributed by atoms with Crippen LogP contribution in [0.15, 0.2) is 65.0 Å². The molecular formula is C26H29N5O2. The SMILES string of the molecule is CN1/C(=C\C(=O)CN2CCC(c3nc(-c4ccccn4)no3)CC2)C(C)(C)c2ccccc21. The lowest BCUT2D eigenvalue weighted by molar-refractivity contribution is -0.116. The van der Waals surface area contributed by atoms with Gasteiger partial charge in [0, 0.05) is 42.0 Å². The van der Waals surface area contributed by atoms with Crippen molar-refractivity contribution >= 4 is 11.5 Å². The summed E-state index contributed by atoms with van der Waals surface area (Å²) in [5.41, 5.74) is 4.02. The van der Waals surface area contributed by atoms with Crippen LogP contribution in [0.1, 0.15) is 44.1 Å². The molecule has 0 aliphatic carbocycles. The molecule has 0 radical (unpaired) electrons. The first-order valence-corrected chi connectivity index (χ1v) is 11.5. The van der Waals surface area contributed by atoms with Crippen molar-refractivity contribution in [3.8, 4) is 11.5 Å². The number of rotatable bonds is 5. The van der Waals surface area contributed by atoms with Gasteiger partial charge < -0.3 is 9.42 Å². The van der Waals surface area contributed by atoms with E-state index in [1.54, 1.807) is 6.20 Å². The third-order valence-corrected chi connectivity index (χ3v) is 6.89. The molecule has 170 valence electrons. The molecule has 7 nitrogen and oxygen atoms in total. The molecule has 0 bridgehead atoms. The lowest BCUT2D eigenvalue weighted by atomic mass is 9.83. The number of aromatic nitrogens is 3. The number of ketones is 1. The summed E-state index contributed by atoms with van der Waals surface area (Å²) in [7, 11) is 2.04. The second-order valence-corrected chi connectivity index (χ2v) is 9.42. The number of carbonyl (C=O) groups excluding carboxylic acids is 1. The molecule has 2 aliphatic heterocycles. The second-order valence-electron chi connectivity index (χ2n) is 9.42. The molecular weight excluding hydrogens is 414 g/mol. The molecule has 3 aromatic rings. The molecule has 2 aromatic heterocycles. The highest BCUT2D eigenvalue weighted by atomic mass is 16.5. The molecule has 4 heterocycles. The highest BCUT2D eigenvalue weighted by Gasteiger charge is 2.38. The molecule has 0 amide bonds. The van der Waals surface area contributed by atoms with Crippen LogP contribution in [-0.4, -0.2) is 52.5 Å². The number of benzene rings is 1. The summed E-state index contributed by atoms with van der Waals surface area (Å²) in [6, 6.07) is 14.0. The van der Waals surface area contributed by atoms with Gasteiger partial charge in [-0.05, 0) is 49.7 Å². The van der Waals surface area contributed by atoms with E-state index in [0.29, 0.717) is 24.0 Å². The average Bonchev–Trinajstić information content (AvgIpc) is 3.39. The fourth-order valence-electron chi connectivity index (χ4n) is 5.02. The Labute approximate surface area is 194 Å². The Hall–Kier alpha value is -3.32. The van der Waals surface area contributed by atoms with Gasteiger partial charge in [-0.15, -0.1) is 0 Å². The fourth-order valence-corrected chi connectivity index (χ4v) is 5.02. The minimum Gasteiger partial charge on any atom is -0.347 e. The maximum absolute atomic E-state index is 13.0. The first-order chi connectivity index (χ1) is 15.9. The van der Waals surface area contributed by atoms with E-state index in [1.165, 1.54) is 11.3 Å². The molecule has 0 N–H and O–H groups in total. The molecule has 7 heteroatoms. The lowest BCUT2D eigenvalue weighted by Gasteiger charge is -2.30. The summed E-state index contributed by atoms with van der Waals surface area (Å²) >= 11 is 0. The Morgan fingerprint density at radius 2 is 1.91 bits per heavy atom. The van der Waals surface area contributed by atoms with E-state index in [2.05, 4.69) is 57.0 Å².